The summed E-state index contributed by atoms with van der Waals surface area (Å²) in [5, 5.41) is 0.611. The number of rotatable bonds is 4. The van der Waals surface area contributed by atoms with E-state index in [1.165, 1.54) is 11.2 Å². The number of anilines is 1. The molecule has 0 saturated heterocycles. The molecule has 0 fully saturated rings. The van der Waals surface area contributed by atoms with Gasteiger partial charge in [0, 0.05) is 24.0 Å². The molecule has 2 amide bonds. The molecule has 0 radical (unpaired) electrons. The molecule has 0 N–H and O–H groups in total. The molecule has 3 aromatic rings. The maximum Gasteiger partial charge on any atom is 0.416 e. The van der Waals surface area contributed by atoms with Gasteiger partial charge in [0.15, 0.2) is 0 Å². The molecule has 2 aromatic carbocycles. The van der Waals surface area contributed by atoms with E-state index in [0.29, 0.717) is 34.4 Å². The van der Waals surface area contributed by atoms with E-state index < -0.39 is 59.9 Å². The Morgan fingerprint density at radius 2 is 1.69 bits per heavy atom. The van der Waals surface area contributed by atoms with Crippen LogP contribution in [0.25, 0.3) is 11.0 Å². The van der Waals surface area contributed by atoms with Gasteiger partial charge in [-0.25, -0.2) is 9.59 Å². The molecule has 39 heavy (non-hydrogen) atoms. The molecule has 1 aromatic heterocycles. The minimum Gasteiger partial charge on any atom is -0.464 e. The van der Waals surface area contributed by atoms with Crippen LogP contribution in [-0.4, -0.2) is 36.8 Å². The molecular formula is C26H24F6N2O5. The van der Waals surface area contributed by atoms with Crippen LogP contribution in [0.2, 0.25) is 0 Å². The van der Waals surface area contributed by atoms with Gasteiger partial charge in [-0.1, -0.05) is 0 Å². The van der Waals surface area contributed by atoms with Crippen LogP contribution in [0.4, 0.5) is 41.6 Å². The third-order valence-corrected chi connectivity index (χ3v) is 6.48. The Kier molecular flexibility index (Phi) is 7.46. The van der Waals surface area contributed by atoms with Gasteiger partial charge in [-0.3, -0.25) is 9.80 Å². The number of hydrogen-bond acceptors (Lipinski definition) is 5. The lowest BCUT2D eigenvalue weighted by molar-refractivity contribution is -0.143. The molecule has 2 atom stereocenters. The average Bonchev–Trinajstić information content (AvgIpc) is 3.31. The first kappa shape index (κ1) is 28.1. The second kappa shape index (κ2) is 10.3. The van der Waals surface area contributed by atoms with Crippen molar-refractivity contribution in [2.75, 3.05) is 18.6 Å². The van der Waals surface area contributed by atoms with Crippen molar-refractivity contribution in [3.63, 3.8) is 0 Å². The molecule has 0 spiro atoms. The molecule has 7 nitrogen and oxygen atoms in total. The summed E-state index contributed by atoms with van der Waals surface area (Å²) in [5.74, 6) is 0. The van der Waals surface area contributed by atoms with Gasteiger partial charge in [0.25, 0.3) is 0 Å². The van der Waals surface area contributed by atoms with Gasteiger partial charge in [-0.2, -0.15) is 26.3 Å². The van der Waals surface area contributed by atoms with Crippen molar-refractivity contribution in [1.29, 1.82) is 0 Å². The summed E-state index contributed by atoms with van der Waals surface area (Å²) >= 11 is 0. The van der Waals surface area contributed by atoms with Crippen LogP contribution in [-0.2, 0) is 28.4 Å². The van der Waals surface area contributed by atoms with Crippen molar-refractivity contribution in [2.24, 2.45) is 0 Å². The third kappa shape index (κ3) is 5.62. The van der Waals surface area contributed by atoms with E-state index in [1.807, 2.05) is 0 Å². The first-order chi connectivity index (χ1) is 18.2. The van der Waals surface area contributed by atoms with Crippen molar-refractivity contribution in [3.05, 3.63) is 64.9 Å². The minimum absolute atomic E-state index is 0.0246. The molecule has 0 aliphatic carbocycles. The first-order valence-electron chi connectivity index (χ1n) is 11.8. The Hall–Kier alpha value is -3.90. The molecule has 2 heterocycles. The van der Waals surface area contributed by atoms with E-state index in [9.17, 15) is 35.9 Å². The van der Waals surface area contributed by atoms with Crippen LogP contribution in [0, 0.1) is 0 Å². The lowest BCUT2D eigenvalue weighted by Gasteiger charge is -2.42. The highest BCUT2D eigenvalue weighted by Gasteiger charge is 2.41. The number of hydrogen-bond donors (Lipinski definition) is 0. The number of carbonyl (C=O) groups is 2. The van der Waals surface area contributed by atoms with Crippen molar-refractivity contribution < 1.29 is 49.8 Å². The van der Waals surface area contributed by atoms with E-state index in [4.69, 9.17) is 13.9 Å². The molecule has 1 aliphatic rings. The van der Waals surface area contributed by atoms with Crippen LogP contribution in [0.5, 0.6) is 0 Å². The molecule has 0 saturated carbocycles. The van der Waals surface area contributed by atoms with Gasteiger partial charge in [0.05, 0.1) is 42.8 Å². The highest BCUT2D eigenvalue weighted by Crippen LogP contribution is 2.44. The topological polar surface area (TPSA) is 72.2 Å². The molecule has 4 rings (SSSR count). The number of nitrogens with zero attached hydrogens (tertiary/aromatic N) is 2. The Labute approximate surface area is 218 Å². The van der Waals surface area contributed by atoms with Gasteiger partial charge in [-0.15, -0.1) is 0 Å². The zero-order valence-corrected chi connectivity index (χ0v) is 21.0. The number of fused-ring (bicyclic) bond motifs is 2. The number of amides is 2. The maximum atomic E-state index is 13.5. The molecule has 0 bridgehead atoms. The van der Waals surface area contributed by atoms with Gasteiger partial charge in [-0.05, 0) is 61.7 Å². The number of halogens is 6. The van der Waals surface area contributed by atoms with Crippen molar-refractivity contribution in [3.8, 4) is 0 Å². The normalized spacial score (nSPS) is 17.6. The predicted octanol–water partition coefficient (Wildman–Crippen LogP) is 7.54. The summed E-state index contributed by atoms with van der Waals surface area (Å²) in [6, 6.07) is 4.59. The van der Waals surface area contributed by atoms with Gasteiger partial charge < -0.3 is 13.9 Å². The number of alkyl halides is 6. The number of benzene rings is 2. The predicted molar refractivity (Wildman–Crippen MR) is 127 cm³/mol. The van der Waals surface area contributed by atoms with E-state index in [-0.39, 0.29) is 19.1 Å². The summed E-state index contributed by atoms with van der Waals surface area (Å²) < 4.78 is 96.4. The fourth-order valence-corrected chi connectivity index (χ4v) is 4.78. The average molecular weight is 558 g/mol. The van der Waals surface area contributed by atoms with E-state index in [0.717, 1.165) is 12.0 Å². The SMILES string of the molecule is CCOC(=O)N1c2cc3occc3cc2C(N(Cc2cc(C(F)(F)F)cc(C(F)(F)F)c2)C(=O)OC)CC1C. The zero-order chi connectivity index (χ0) is 28.7. The number of methoxy groups -OCH3 is 1. The van der Waals surface area contributed by atoms with Crippen LogP contribution in [0.1, 0.15) is 48.6 Å². The molecule has 210 valence electrons. The van der Waals surface area contributed by atoms with E-state index in [2.05, 4.69) is 0 Å². The van der Waals surface area contributed by atoms with Crippen molar-refractivity contribution >= 4 is 28.8 Å². The van der Waals surface area contributed by atoms with Gasteiger partial charge in [0.1, 0.15) is 5.58 Å². The van der Waals surface area contributed by atoms with Crippen LogP contribution >= 0.6 is 0 Å². The van der Waals surface area contributed by atoms with Crippen LogP contribution < -0.4 is 4.90 Å². The first-order valence-corrected chi connectivity index (χ1v) is 11.8. The van der Waals surface area contributed by atoms with Gasteiger partial charge >= 0.3 is 24.5 Å². The number of ether oxygens (including phenoxy) is 2. The molecule has 1 aliphatic heterocycles. The second-order valence-corrected chi connectivity index (χ2v) is 9.05. The van der Waals surface area contributed by atoms with Crippen LogP contribution in [0.15, 0.2) is 47.1 Å². The number of furan rings is 1. The Balaban J connectivity index is 1.85. The van der Waals surface area contributed by atoms with E-state index in [1.54, 1.807) is 32.0 Å². The zero-order valence-electron chi connectivity index (χ0n) is 21.0. The fourth-order valence-electron chi connectivity index (χ4n) is 4.78. The minimum atomic E-state index is -5.05. The van der Waals surface area contributed by atoms with Crippen LogP contribution in [0.3, 0.4) is 0 Å². The Morgan fingerprint density at radius 1 is 1.05 bits per heavy atom. The van der Waals surface area contributed by atoms with E-state index >= 15 is 0 Å². The highest BCUT2D eigenvalue weighted by molar-refractivity contribution is 5.94. The second-order valence-electron chi connectivity index (χ2n) is 9.05. The van der Waals surface area contributed by atoms with Gasteiger partial charge in [0.2, 0.25) is 0 Å². The largest absolute Gasteiger partial charge is 0.464 e. The summed E-state index contributed by atoms with van der Waals surface area (Å²) in [5.41, 5.74) is -2.22. The van der Waals surface area contributed by atoms with Crippen molar-refractivity contribution in [2.45, 2.75) is 51.2 Å². The molecular weight excluding hydrogens is 534 g/mol. The third-order valence-electron chi connectivity index (χ3n) is 6.48. The summed E-state index contributed by atoms with van der Waals surface area (Å²) in [4.78, 5) is 28.2. The summed E-state index contributed by atoms with van der Waals surface area (Å²) in [6.07, 6.45) is -10.2. The number of carbonyl (C=O) groups excluding carboxylic acids is 2. The monoisotopic (exact) mass is 558 g/mol. The Morgan fingerprint density at radius 3 is 2.26 bits per heavy atom. The maximum absolute atomic E-state index is 13.5. The quantitative estimate of drug-likeness (QED) is 0.310. The summed E-state index contributed by atoms with van der Waals surface area (Å²) in [7, 11) is 1.06. The highest BCUT2D eigenvalue weighted by atomic mass is 19.4. The standard InChI is InChI=1S/C26H24F6N2O5/c1-4-38-24(36)34-14(2)7-20(19-10-16-5-6-39-22(16)12-21(19)34)33(23(35)37-3)13-15-8-17(25(27,28)29)11-18(9-15)26(30,31)32/h5-6,8-12,14,20H,4,7,13H2,1-3H3. The summed E-state index contributed by atoms with van der Waals surface area (Å²) in [6.45, 7) is 2.78. The molecule has 2 unspecified atom stereocenters. The van der Waals surface area contributed by atoms with Crippen molar-refractivity contribution in [1.82, 2.24) is 4.90 Å². The Bertz CT molecular complexity index is 1350. The fraction of sp³-hybridized carbons (Fsp3) is 0.385. The smallest absolute Gasteiger partial charge is 0.416 e. The lowest BCUT2D eigenvalue weighted by atomic mass is 9.89. The molecule has 13 heteroatoms. The lowest BCUT2D eigenvalue weighted by Crippen LogP contribution is -2.47.